The number of halogens is 1. The number of nitrogens with zero attached hydrogens (tertiary/aromatic N) is 2. The number of para-hydroxylation sites is 2. The summed E-state index contributed by atoms with van der Waals surface area (Å²) in [6.45, 7) is 5.09. The number of fused-ring (bicyclic) bond motifs is 1. The maximum absolute atomic E-state index is 10.0. The van der Waals surface area contributed by atoms with Crippen LogP contribution in [0.1, 0.15) is 45.0 Å². The zero-order valence-electron chi connectivity index (χ0n) is 11.0. The van der Waals surface area contributed by atoms with Crippen LogP contribution in [0, 0.1) is 0 Å². The molecule has 0 saturated carbocycles. The van der Waals surface area contributed by atoms with Gasteiger partial charge < -0.3 is 9.67 Å². The van der Waals surface area contributed by atoms with Crippen molar-refractivity contribution >= 4 is 23.4 Å². The third-order valence-corrected chi connectivity index (χ3v) is 3.10. The number of hydrogen-bond donors (Lipinski definition) is 1. The van der Waals surface area contributed by atoms with Gasteiger partial charge in [0.15, 0.2) is 0 Å². The molecule has 2 aromatic rings. The molecule has 0 aliphatic rings. The summed E-state index contributed by atoms with van der Waals surface area (Å²) in [4.78, 5) is 4.55. The van der Waals surface area contributed by atoms with E-state index >= 15 is 0 Å². The number of unbranched alkanes of at least 4 members (excludes halogenated alkanes) is 1. The lowest BCUT2D eigenvalue weighted by atomic mass is 10.2. The minimum Gasteiger partial charge on any atom is -0.385 e. The summed E-state index contributed by atoms with van der Waals surface area (Å²) in [5, 5.41) is 10.0. The quantitative estimate of drug-likeness (QED) is 0.898. The van der Waals surface area contributed by atoms with E-state index in [0.29, 0.717) is 6.42 Å². The topological polar surface area (TPSA) is 38.0 Å². The predicted molar refractivity (Wildman–Crippen MR) is 77.1 cm³/mol. The molecule has 1 aromatic heterocycles. The Morgan fingerprint density at radius 2 is 2.00 bits per heavy atom. The zero-order chi connectivity index (χ0) is 12.3. The Labute approximate surface area is 114 Å². The second-order valence-corrected chi connectivity index (χ2v) is 4.39. The third-order valence-electron chi connectivity index (χ3n) is 3.10. The number of aryl methyl sites for hydroxylation is 1. The zero-order valence-corrected chi connectivity index (χ0v) is 11.8. The maximum Gasteiger partial charge on any atom is 0.138 e. The molecule has 0 spiro atoms. The molecular weight excluding hydrogens is 248 g/mol. The summed E-state index contributed by atoms with van der Waals surface area (Å²) in [7, 11) is 0. The number of hydrogen-bond acceptors (Lipinski definition) is 2. The monoisotopic (exact) mass is 268 g/mol. The van der Waals surface area contributed by atoms with Gasteiger partial charge in [-0.05, 0) is 25.0 Å². The van der Waals surface area contributed by atoms with Crippen molar-refractivity contribution in [3.8, 4) is 0 Å². The lowest BCUT2D eigenvalue weighted by molar-refractivity contribution is 0.159. The average Bonchev–Trinajstić information content (AvgIpc) is 2.74. The van der Waals surface area contributed by atoms with Crippen LogP contribution in [0.5, 0.6) is 0 Å². The highest BCUT2D eigenvalue weighted by Crippen LogP contribution is 2.23. The van der Waals surface area contributed by atoms with E-state index in [-0.39, 0.29) is 12.4 Å². The Bertz CT molecular complexity index is 495. The molecule has 18 heavy (non-hydrogen) atoms. The molecule has 1 aromatic carbocycles. The molecule has 1 atom stereocenters. The second kappa shape index (κ2) is 6.76. The maximum atomic E-state index is 10.0. The van der Waals surface area contributed by atoms with Gasteiger partial charge in [-0.3, -0.25) is 0 Å². The molecule has 3 nitrogen and oxygen atoms in total. The lowest BCUT2D eigenvalue weighted by Crippen LogP contribution is -2.08. The Morgan fingerprint density at radius 3 is 2.67 bits per heavy atom. The van der Waals surface area contributed by atoms with Crippen molar-refractivity contribution in [3.63, 3.8) is 0 Å². The van der Waals surface area contributed by atoms with Crippen molar-refractivity contribution < 1.29 is 5.11 Å². The highest BCUT2D eigenvalue weighted by molar-refractivity contribution is 5.85. The molecule has 4 heteroatoms. The first-order valence-corrected chi connectivity index (χ1v) is 6.41. The van der Waals surface area contributed by atoms with Crippen LogP contribution >= 0.6 is 12.4 Å². The predicted octanol–water partition coefficient (Wildman–Crippen LogP) is 3.70. The van der Waals surface area contributed by atoms with Crippen LogP contribution in [0.2, 0.25) is 0 Å². The van der Waals surface area contributed by atoms with Gasteiger partial charge in [0.2, 0.25) is 0 Å². The smallest absolute Gasteiger partial charge is 0.138 e. The first kappa shape index (κ1) is 15.0. The van der Waals surface area contributed by atoms with Gasteiger partial charge >= 0.3 is 0 Å². The molecular formula is C14H21ClN2O. The SMILES string of the molecule is CCCCn1c(C(O)CC)nc2ccccc21.Cl. The highest BCUT2D eigenvalue weighted by Gasteiger charge is 2.15. The molecule has 1 heterocycles. The van der Waals surface area contributed by atoms with Crippen molar-refractivity contribution in [1.82, 2.24) is 9.55 Å². The van der Waals surface area contributed by atoms with Crippen LogP contribution in [0.25, 0.3) is 11.0 Å². The van der Waals surface area contributed by atoms with Crippen LogP contribution in [-0.2, 0) is 6.54 Å². The molecule has 100 valence electrons. The Balaban J connectivity index is 0.00000162. The van der Waals surface area contributed by atoms with Crippen LogP contribution in [-0.4, -0.2) is 14.7 Å². The normalized spacial score (nSPS) is 12.4. The fourth-order valence-corrected chi connectivity index (χ4v) is 2.08. The van der Waals surface area contributed by atoms with E-state index in [9.17, 15) is 5.11 Å². The standard InChI is InChI=1S/C14H20N2O.ClH/c1-3-5-10-16-12-9-7-6-8-11(12)15-14(16)13(17)4-2;/h6-9,13,17H,3-5,10H2,1-2H3;1H. The van der Waals surface area contributed by atoms with E-state index in [4.69, 9.17) is 0 Å². The second-order valence-electron chi connectivity index (χ2n) is 4.39. The van der Waals surface area contributed by atoms with E-state index in [2.05, 4.69) is 22.5 Å². The summed E-state index contributed by atoms with van der Waals surface area (Å²) < 4.78 is 2.16. The molecule has 0 fully saturated rings. The van der Waals surface area contributed by atoms with E-state index in [0.717, 1.165) is 36.2 Å². The van der Waals surface area contributed by atoms with Crippen LogP contribution in [0.3, 0.4) is 0 Å². The lowest BCUT2D eigenvalue weighted by Gasteiger charge is -2.11. The van der Waals surface area contributed by atoms with Crippen molar-refractivity contribution in [1.29, 1.82) is 0 Å². The summed E-state index contributed by atoms with van der Waals surface area (Å²) in [6.07, 6.45) is 2.51. The van der Waals surface area contributed by atoms with E-state index in [1.165, 1.54) is 0 Å². The number of benzene rings is 1. The number of imidazole rings is 1. The van der Waals surface area contributed by atoms with Gasteiger partial charge in [-0.15, -0.1) is 12.4 Å². The van der Waals surface area contributed by atoms with E-state index < -0.39 is 6.10 Å². The summed E-state index contributed by atoms with van der Waals surface area (Å²) in [6, 6.07) is 8.09. The summed E-state index contributed by atoms with van der Waals surface area (Å²) >= 11 is 0. The third kappa shape index (κ3) is 2.85. The molecule has 0 amide bonds. The van der Waals surface area contributed by atoms with Crippen LogP contribution in [0.4, 0.5) is 0 Å². The van der Waals surface area contributed by atoms with Gasteiger partial charge in [0.25, 0.3) is 0 Å². The van der Waals surface area contributed by atoms with Crippen molar-refractivity contribution in [2.24, 2.45) is 0 Å². The fraction of sp³-hybridized carbons (Fsp3) is 0.500. The summed E-state index contributed by atoms with van der Waals surface area (Å²) in [5.74, 6) is 0.808. The first-order valence-electron chi connectivity index (χ1n) is 6.41. The number of aromatic nitrogens is 2. The molecule has 0 radical (unpaired) electrons. The Hall–Kier alpha value is -1.06. The molecule has 0 aliphatic carbocycles. The number of aliphatic hydroxyl groups is 1. The molecule has 0 bridgehead atoms. The number of rotatable bonds is 5. The minimum absolute atomic E-state index is 0. The fourth-order valence-electron chi connectivity index (χ4n) is 2.08. The van der Waals surface area contributed by atoms with Gasteiger partial charge in [0, 0.05) is 6.54 Å². The van der Waals surface area contributed by atoms with E-state index in [1.807, 2.05) is 25.1 Å². The van der Waals surface area contributed by atoms with Gasteiger partial charge in [0.1, 0.15) is 11.9 Å². The van der Waals surface area contributed by atoms with Crippen molar-refractivity contribution in [2.45, 2.75) is 45.8 Å². The summed E-state index contributed by atoms with van der Waals surface area (Å²) in [5.41, 5.74) is 2.11. The molecule has 0 aliphatic heterocycles. The first-order chi connectivity index (χ1) is 8.27. The van der Waals surface area contributed by atoms with Gasteiger partial charge in [-0.2, -0.15) is 0 Å². The molecule has 1 unspecified atom stereocenters. The minimum atomic E-state index is -0.459. The van der Waals surface area contributed by atoms with Crippen LogP contribution in [0.15, 0.2) is 24.3 Å². The largest absolute Gasteiger partial charge is 0.385 e. The molecule has 1 N–H and O–H groups in total. The molecule has 0 saturated heterocycles. The Kier molecular flexibility index (Phi) is 5.63. The van der Waals surface area contributed by atoms with Crippen molar-refractivity contribution in [3.05, 3.63) is 30.1 Å². The Morgan fingerprint density at radius 1 is 1.28 bits per heavy atom. The van der Waals surface area contributed by atoms with Gasteiger partial charge in [-0.25, -0.2) is 4.98 Å². The van der Waals surface area contributed by atoms with Crippen LogP contribution < -0.4 is 0 Å². The van der Waals surface area contributed by atoms with E-state index in [1.54, 1.807) is 0 Å². The molecule has 2 rings (SSSR count). The number of aliphatic hydroxyl groups excluding tert-OH is 1. The van der Waals surface area contributed by atoms with Gasteiger partial charge in [-0.1, -0.05) is 32.4 Å². The van der Waals surface area contributed by atoms with Gasteiger partial charge in [0.05, 0.1) is 11.0 Å². The highest BCUT2D eigenvalue weighted by atomic mass is 35.5. The van der Waals surface area contributed by atoms with Crippen molar-refractivity contribution in [2.75, 3.05) is 0 Å². The average molecular weight is 269 g/mol.